The third kappa shape index (κ3) is 2.49. The summed E-state index contributed by atoms with van der Waals surface area (Å²) in [5, 5.41) is 4.31. The van der Waals surface area contributed by atoms with Gasteiger partial charge in [-0.25, -0.2) is 0 Å². The predicted molar refractivity (Wildman–Crippen MR) is 71.6 cm³/mol. The molecule has 1 aliphatic carbocycles. The van der Waals surface area contributed by atoms with Crippen LogP contribution in [-0.2, 0) is 19.4 Å². The van der Waals surface area contributed by atoms with Crippen molar-refractivity contribution in [3.05, 3.63) is 33.8 Å². The molecule has 3 rings (SSSR count). The molecule has 3 heteroatoms. The van der Waals surface area contributed by atoms with Gasteiger partial charge in [0.15, 0.2) is 0 Å². The molecule has 0 bridgehead atoms. The van der Waals surface area contributed by atoms with E-state index in [0.717, 1.165) is 37.7 Å². The van der Waals surface area contributed by atoms with Crippen LogP contribution in [0.5, 0.6) is 0 Å². The van der Waals surface area contributed by atoms with Gasteiger partial charge in [0.25, 0.3) is 0 Å². The van der Waals surface area contributed by atoms with Crippen molar-refractivity contribution in [2.75, 3.05) is 26.2 Å². The molecule has 1 saturated heterocycles. The Hall–Kier alpha value is -0.570. The maximum atomic E-state index is 6.22. The van der Waals surface area contributed by atoms with Gasteiger partial charge in [-0.15, -0.1) is 0 Å². The van der Waals surface area contributed by atoms with Crippen molar-refractivity contribution in [1.82, 2.24) is 10.2 Å². The summed E-state index contributed by atoms with van der Waals surface area (Å²) in [6, 6.07) is 4.33. The van der Waals surface area contributed by atoms with E-state index in [1.54, 1.807) is 5.56 Å². The molecule has 0 aromatic heterocycles. The molecule has 17 heavy (non-hydrogen) atoms. The van der Waals surface area contributed by atoms with E-state index in [9.17, 15) is 0 Å². The standard InChI is InChI=1S/C14H19ClN2/c15-13-8-11-2-1-3-14(11)12(9-13)10-17-6-4-16-5-7-17/h8-9,16H,1-7,10H2. The molecule has 1 aliphatic heterocycles. The average Bonchev–Trinajstić information content (AvgIpc) is 2.78. The molecule has 0 amide bonds. The summed E-state index contributed by atoms with van der Waals surface area (Å²) < 4.78 is 0. The van der Waals surface area contributed by atoms with E-state index < -0.39 is 0 Å². The van der Waals surface area contributed by atoms with Crippen LogP contribution in [0.25, 0.3) is 0 Å². The molecule has 2 aliphatic rings. The summed E-state index contributed by atoms with van der Waals surface area (Å²) in [6.45, 7) is 5.61. The van der Waals surface area contributed by atoms with Crippen molar-refractivity contribution in [1.29, 1.82) is 0 Å². The molecule has 2 nitrogen and oxygen atoms in total. The summed E-state index contributed by atoms with van der Waals surface area (Å²) in [7, 11) is 0. The fourth-order valence-corrected chi connectivity index (χ4v) is 3.27. The van der Waals surface area contributed by atoms with Gasteiger partial charge < -0.3 is 5.32 Å². The van der Waals surface area contributed by atoms with Crippen molar-refractivity contribution >= 4 is 11.6 Å². The third-order valence-corrected chi connectivity index (χ3v) is 4.09. The van der Waals surface area contributed by atoms with Crippen molar-refractivity contribution in [2.24, 2.45) is 0 Å². The van der Waals surface area contributed by atoms with Gasteiger partial charge in [0.1, 0.15) is 0 Å². The van der Waals surface area contributed by atoms with Gasteiger partial charge in [0, 0.05) is 37.7 Å². The normalized spacial score (nSPS) is 20.5. The lowest BCUT2D eigenvalue weighted by atomic mass is 10.0. The molecule has 1 aromatic rings. The van der Waals surface area contributed by atoms with Gasteiger partial charge >= 0.3 is 0 Å². The third-order valence-electron chi connectivity index (χ3n) is 3.88. The van der Waals surface area contributed by atoms with E-state index in [1.807, 2.05) is 0 Å². The minimum Gasteiger partial charge on any atom is -0.314 e. The SMILES string of the molecule is Clc1cc2c(c(CN3CCNCC3)c1)CCC2. The Morgan fingerprint density at radius 1 is 1.18 bits per heavy atom. The van der Waals surface area contributed by atoms with Crippen LogP contribution in [0.4, 0.5) is 0 Å². The van der Waals surface area contributed by atoms with Crippen LogP contribution in [-0.4, -0.2) is 31.1 Å². The fraction of sp³-hybridized carbons (Fsp3) is 0.571. The molecule has 0 saturated carbocycles. The maximum absolute atomic E-state index is 6.22. The number of rotatable bonds is 2. The quantitative estimate of drug-likeness (QED) is 0.866. The van der Waals surface area contributed by atoms with Gasteiger partial charge in [-0.2, -0.15) is 0 Å². The van der Waals surface area contributed by atoms with Crippen LogP contribution in [0.3, 0.4) is 0 Å². The van der Waals surface area contributed by atoms with Gasteiger partial charge in [0.2, 0.25) is 0 Å². The van der Waals surface area contributed by atoms with Crippen molar-refractivity contribution < 1.29 is 0 Å². The molecule has 1 fully saturated rings. The lowest BCUT2D eigenvalue weighted by molar-refractivity contribution is 0.232. The first kappa shape index (κ1) is 11.5. The van der Waals surface area contributed by atoms with E-state index in [1.165, 1.54) is 30.4 Å². The van der Waals surface area contributed by atoms with Crippen molar-refractivity contribution in [3.8, 4) is 0 Å². The summed E-state index contributed by atoms with van der Waals surface area (Å²) in [4.78, 5) is 2.53. The Labute approximate surface area is 108 Å². The Balaban J connectivity index is 1.82. The topological polar surface area (TPSA) is 15.3 Å². The number of benzene rings is 1. The Morgan fingerprint density at radius 3 is 2.82 bits per heavy atom. The summed E-state index contributed by atoms with van der Waals surface area (Å²) in [5.41, 5.74) is 4.53. The second-order valence-electron chi connectivity index (χ2n) is 5.08. The number of fused-ring (bicyclic) bond motifs is 1. The highest BCUT2D eigenvalue weighted by atomic mass is 35.5. The Kier molecular flexibility index (Phi) is 3.37. The van der Waals surface area contributed by atoms with Crippen LogP contribution in [0, 0.1) is 0 Å². The van der Waals surface area contributed by atoms with Crippen LogP contribution in [0.2, 0.25) is 5.02 Å². The minimum atomic E-state index is 0.913. The molecule has 0 unspecified atom stereocenters. The monoisotopic (exact) mass is 250 g/mol. The minimum absolute atomic E-state index is 0.913. The van der Waals surface area contributed by atoms with E-state index in [0.29, 0.717) is 0 Å². The second-order valence-corrected chi connectivity index (χ2v) is 5.52. The molecular weight excluding hydrogens is 232 g/mol. The zero-order chi connectivity index (χ0) is 11.7. The van der Waals surface area contributed by atoms with Gasteiger partial charge in [-0.05, 0) is 48.1 Å². The van der Waals surface area contributed by atoms with Gasteiger partial charge in [0.05, 0.1) is 0 Å². The fourth-order valence-electron chi connectivity index (χ4n) is 3.01. The molecule has 92 valence electrons. The van der Waals surface area contributed by atoms with Crippen LogP contribution >= 0.6 is 11.6 Å². The number of hydrogen-bond acceptors (Lipinski definition) is 2. The van der Waals surface area contributed by atoms with E-state index in [4.69, 9.17) is 11.6 Å². The molecule has 0 atom stereocenters. The van der Waals surface area contributed by atoms with Crippen molar-refractivity contribution in [2.45, 2.75) is 25.8 Å². The lowest BCUT2D eigenvalue weighted by Crippen LogP contribution is -2.43. The molecule has 1 N–H and O–H groups in total. The molecule has 1 aromatic carbocycles. The summed E-state index contributed by atoms with van der Waals surface area (Å²) in [6.07, 6.45) is 3.75. The Bertz CT molecular complexity index is 411. The summed E-state index contributed by atoms with van der Waals surface area (Å²) >= 11 is 6.22. The number of hydrogen-bond donors (Lipinski definition) is 1. The molecule has 0 radical (unpaired) electrons. The largest absolute Gasteiger partial charge is 0.314 e. The zero-order valence-corrected chi connectivity index (χ0v) is 10.9. The molecule has 0 spiro atoms. The highest BCUT2D eigenvalue weighted by Crippen LogP contribution is 2.29. The first-order chi connectivity index (χ1) is 8.33. The molecule has 1 heterocycles. The first-order valence-electron chi connectivity index (χ1n) is 6.56. The van der Waals surface area contributed by atoms with Crippen LogP contribution < -0.4 is 5.32 Å². The Morgan fingerprint density at radius 2 is 2.00 bits per heavy atom. The maximum Gasteiger partial charge on any atom is 0.0412 e. The van der Waals surface area contributed by atoms with Gasteiger partial charge in [-0.1, -0.05) is 11.6 Å². The smallest absolute Gasteiger partial charge is 0.0412 e. The van der Waals surface area contributed by atoms with E-state index in [-0.39, 0.29) is 0 Å². The number of nitrogens with one attached hydrogen (secondary N) is 1. The van der Waals surface area contributed by atoms with Crippen molar-refractivity contribution in [3.63, 3.8) is 0 Å². The highest BCUT2D eigenvalue weighted by molar-refractivity contribution is 6.30. The van der Waals surface area contributed by atoms with Gasteiger partial charge in [-0.3, -0.25) is 4.90 Å². The van der Waals surface area contributed by atoms with E-state index in [2.05, 4.69) is 22.3 Å². The predicted octanol–water partition coefficient (Wildman–Crippen LogP) is 2.23. The highest BCUT2D eigenvalue weighted by Gasteiger charge is 2.18. The molecular formula is C14H19ClN2. The van der Waals surface area contributed by atoms with Crippen LogP contribution in [0.1, 0.15) is 23.1 Å². The number of halogens is 1. The number of nitrogens with zero attached hydrogens (tertiary/aromatic N) is 1. The number of piperazine rings is 1. The number of aryl methyl sites for hydroxylation is 1. The summed E-state index contributed by atoms with van der Waals surface area (Å²) in [5.74, 6) is 0. The zero-order valence-electron chi connectivity index (χ0n) is 10.1. The second kappa shape index (κ2) is 4.97. The average molecular weight is 251 g/mol. The van der Waals surface area contributed by atoms with E-state index >= 15 is 0 Å². The lowest BCUT2D eigenvalue weighted by Gasteiger charge is -2.28. The first-order valence-corrected chi connectivity index (χ1v) is 6.94. The van der Waals surface area contributed by atoms with Crippen LogP contribution in [0.15, 0.2) is 12.1 Å².